The van der Waals surface area contributed by atoms with Crippen LogP contribution in [0.4, 0.5) is 0 Å². The van der Waals surface area contributed by atoms with Gasteiger partial charge in [-0.25, -0.2) is 0 Å². The normalized spacial score (nSPS) is 15.6. The maximum atomic E-state index is 12.8. The van der Waals surface area contributed by atoms with Crippen molar-refractivity contribution in [3.63, 3.8) is 0 Å². The lowest BCUT2D eigenvalue weighted by Gasteiger charge is -2.14. The quantitative estimate of drug-likeness (QED) is 0.340. The molecular formula is C23H21N3O6S2. The van der Waals surface area contributed by atoms with Crippen molar-refractivity contribution in [3.05, 3.63) is 58.5 Å². The minimum atomic E-state index is -0.489. The highest BCUT2D eigenvalue weighted by Gasteiger charge is 2.31. The average Bonchev–Trinajstić information content (AvgIpc) is 3.41. The molecule has 2 heterocycles. The van der Waals surface area contributed by atoms with Crippen LogP contribution in [0.5, 0.6) is 17.2 Å². The lowest BCUT2D eigenvalue weighted by molar-refractivity contribution is -0.124. The van der Waals surface area contributed by atoms with E-state index >= 15 is 0 Å². The van der Waals surface area contributed by atoms with E-state index in [0.29, 0.717) is 38.5 Å². The Morgan fingerprint density at radius 2 is 1.97 bits per heavy atom. The molecule has 2 N–H and O–H groups in total. The Hall–Kier alpha value is -3.57. The Bertz CT molecular complexity index is 1180. The molecule has 0 bridgehead atoms. The van der Waals surface area contributed by atoms with E-state index in [1.807, 2.05) is 6.07 Å². The van der Waals surface area contributed by atoms with E-state index in [9.17, 15) is 14.4 Å². The number of nitrogens with one attached hydrogen (secondary N) is 2. The van der Waals surface area contributed by atoms with Gasteiger partial charge >= 0.3 is 0 Å². The summed E-state index contributed by atoms with van der Waals surface area (Å²) in [5, 5.41) is 0. The molecule has 176 valence electrons. The fraction of sp³-hybridized carbons (Fsp3) is 0.217. The van der Waals surface area contributed by atoms with Crippen molar-refractivity contribution in [3.8, 4) is 17.2 Å². The molecule has 0 saturated carbocycles. The first kappa shape index (κ1) is 23.6. The first-order valence-corrected chi connectivity index (χ1v) is 11.6. The topological polar surface area (TPSA) is 106 Å². The van der Waals surface area contributed by atoms with Crippen LogP contribution in [0.25, 0.3) is 6.08 Å². The van der Waals surface area contributed by atoms with Crippen LogP contribution in [0, 0.1) is 0 Å². The molecule has 0 aliphatic carbocycles. The predicted molar refractivity (Wildman–Crippen MR) is 130 cm³/mol. The number of benzene rings is 2. The summed E-state index contributed by atoms with van der Waals surface area (Å²) < 4.78 is 16.2. The molecule has 1 saturated heterocycles. The molecule has 2 aromatic rings. The lowest BCUT2D eigenvalue weighted by atomic mass is 10.2. The van der Waals surface area contributed by atoms with Gasteiger partial charge in [0.1, 0.15) is 10.1 Å². The predicted octanol–water partition coefficient (Wildman–Crippen LogP) is 2.87. The lowest BCUT2D eigenvalue weighted by Crippen LogP contribution is -2.42. The summed E-state index contributed by atoms with van der Waals surface area (Å²) in [4.78, 5) is 39.1. The minimum absolute atomic E-state index is 0.102. The van der Waals surface area contributed by atoms with Gasteiger partial charge in [-0.15, -0.1) is 0 Å². The van der Waals surface area contributed by atoms with Gasteiger partial charge in [-0.1, -0.05) is 42.2 Å². The number of para-hydroxylation sites is 1. The number of rotatable bonds is 7. The summed E-state index contributed by atoms with van der Waals surface area (Å²) in [7, 11) is 1.46. The molecule has 2 aliphatic rings. The summed E-state index contributed by atoms with van der Waals surface area (Å²) in [5.41, 5.74) is 5.84. The molecule has 11 heteroatoms. The van der Waals surface area contributed by atoms with Crippen LogP contribution in [0.2, 0.25) is 0 Å². The maximum absolute atomic E-state index is 12.8. The van der Waals surface area contributed by atoms with Gasteiger partial charge in [0.25, 0.3) is 11.8 Å². The van der Waals surface area contributed by atoms with Gasteiger partial charge in [0, 0.05) is 13.0 Å². The molecule has 2 aromatic carbocycles. The van der Waals surface area contributed by atoms with Crippen LogP contribution < -0.4 is 25.1 Å². The van der Waals surface area contributed by atoms with Crippen LogP contribution in [-0.2, 0) is 9.59 Å². The number of carbonyl (C=O) groups is 3. The molecule has 0 unspecified atom stereocenters. The second-order valence-electron chi connectivity index (χ2n) is 7.25. The zero-order valence-corrected chi connectivity index (χ0v) is 19.8. The first-order chi connectivity index (χ1) is 16.5. The number of nitrogens with zero attached hydrogens (tertiary/aromatic N) is 1. The molecule has 0 aromatic heterocycles. The van der Waals surface area contributed by atoms with E-state index < -0.39 is 5.91 Å². The number of methoxy groups -OCH3 is 1. The maximum Gasteiger partial charge on any atom is 0.273 e. The summed E-state index contributed by atoms with van der Waals surface area (Å²) >= 11 is 6.56. The Kier molecular flexibility index (Phi) is 7.33. The molecule has 9 nitrogen and oxygen atoms in total. The highest BCUT2D eigenvalue weighted by atomic mass is 32.2. The minimum Gasteiger partial charge on any atom is -0.496 e. The second kappa shape index (κ2) is 10.6. The molecule has 2 aliphatic heterocycles. The monoisotopic (exact) mass is 499 g/mol. The smallest absolute Gasteiger partial charge is 0.273 e. The van der Waals surface area contributed by atoms with Gasteiger partial charge in [-0.3, -0.25) is 30.1 Å². The number of hydrogen-bond donors (Lipinski definition) is 2. The number of amides is 3. The number of fused-ring (bicyclic) bond motifs is 1. The Morgan fingerprint density at radius 1 is 1.18 bits per heavy atom. The van der Waals surface area contributed by atoms with Crippen LogP contribution in [-0.4, -0.2) is 47.4 Å². The summed E-state index contributed by atoms with van der Waals surface area (Å²) in [5.74, 6) is 0.617. The highest BCUT2D eigenvalue weighted by Crippen LogP contribution is 2.36. The molecule has 1 fully saturated rings. The third kappa shape index (κ3) is 5.32. The standard InChI is InChI=1S/C23H21N3O6S2/c1-30-16-6-3-2-5-15(16)21(28)25-24-20(27)7-4-10-26-22(29)19(34-23(26)33)12-14-8-9-17-18(11-14)32-13-31-17/h2-3,5-6,8-9,11-12H,4,7,10,13H2,1H3,(H,24,27)(H,25,28)/b19-12-. The van der Waals surface area contributed by atoms with E-state index in [4.69, 9.17) is 26.4 Å². The van der Waals surface area contributed by atoms with E-state index in [1.54, 1.807) is 42.5 Å². The number of carbonyl (C=O) groups excluding carboxylic acids is 3. The number of thioether (sulfide) groups is 1. The summed E-state index contributed by atoms with van der Waals surface area (Å²) in [6, 6.07) is 12.1. The third-order valence-electron chi connectivity index (χ3n) is 5.02. The second-order valence-corrected chi connectivity index (χ2v) is 8.93. The van der Waals surface area contributed by atoms with Crippen LogP contribution in [0.15, 0.2) is 47.4 Å². The van der Waals surface area contributed by atoms with E-state index in [2.05, 4.69) is 10.9 Å². The fourth-order valence-corrected chi connectivity index (χ4v) is 4.64. The molecule has 4 rings (SSSR count). The van der Waals surface area contributed by atoms with Crippen molar-refractivity contribution in [2.45, 2.75) is 12.8 Å². The van der Waals surface area contributed by atoms with Crippen molar-refractivity contribution in [2.24, 2.45) is 0 Å². The number of thiocarbonyl (C=S) groups is 1. The van der Waals surface area contributed by atoms with Gasteiger partial charge < -0.3 is 14.2 Å². The zero-order chi connectivity index (χ0) is 24.1. The van der Waals surface area contributed by atoms with Crippen molar-refractivity contribution in [1.29, 1.82) is 0 Å². The molecule has 0 atom stereocenters. The average molecular weight is 500 g/mol. The van der Waals surface area contributed by atoms with Gasteiger partial charge in [-0.2, -0.15) is 0 Å². The molecule has 3 amide bonds. The zero-order valence-electron chi connectivity index (χ0n) is 18.2. The van der Waals surface area contributed by atoms with Crippen LogP contribution in [0.1, 0.15) is 28.8 Å². The SMILES string of the molecule is COc1ccccc1C(=O)NNC(=O)CCCN1C(=O)/C(=C/c2ccc3c(c2)OCO3)SC1=S. The van der Waals surface area contributed by atoms with E-state index in [-0.39, 0.29) is 31.6 Å². The molecular weight excluding hydrogens is 478 g/mol. The molecule has 34 heavy (non-hydrogen) atoms. The Labute approximate surface area is 205 Å². The van der Waals surface area contributed by atoms with Gasteiger partial charge in [0.2, 0.25) is 12.7 Å². The van der Waals surface area contributed by atoms with Gasteiger partial charge in [0.15, 0.2) is 11.5 Å². The Balaban J connectivity index is 1.26. The van der Waals surface area contributed by atoms with E-state index in [0.717, 1.165) is 5.56 Å². The molecule has 0 radical (unpaired) electrons. The summed E-state index contributed by atoms with van der Waals surface area (Å²) in [6.07, 6.45) is 2.23. The number of hydrogen-bond acceptors (Lipinski definition) is 8. The number of ether oxygens (including phenoxy) is 3. The van der Waals surface area contributed by atoms with Gasteiger partial charge in [0.05, 0.1) is 17.6 Å². The fourth-order valence-electron chi connectivity index (χ4n) is 3.33. The molecule has 0 spiro atoms. The third-order valence-corrected chi connectivity index (χ3v) is 6.40. The summed E-state index contributed by atoms with van der Waals surface area (Å²) in [6.45, 7) is 0.468. The van der Waals surface area contributed by atoms with Crippen molar-refractivity contribution in [1.82, 2.24) is 15.8 Å². The first-order valence-electron chi connectivity index (χ1n) is 10.3. The van der Waals surface area contributed by atoms with Crippen LogP contribution >= 0.6 is 24.0 Å². The number of hydrazine groups is 1. The Morgan fingerprint density at radius 3 is 2.79 bits per heavy atom. The van der Waals surface area contributed by atoms with Crippen molar-refractivity contribution < 1.29 is 28.6 Å². The largest absolute Gasteiger partial charge is 0.496 e. The highest BCUT2D eigenvalue weighted by molar-refractivity contribution is 8.26. The van der Waals surface area contributed by atoms with Gasteiger partial charge in [-0.05, 0) is 42.3 Å². The van der Waals surface area contributed by atoms with Crippen LogP contribution in [0.3, 0.4) is 0 Å². The van der Waals surface area contributed by atoms with Crippen molar-refractivity contribution >= 4 is 52.1 Å². The van der Waals surface area contributed by atoms with E-state index in [1.165, 1.54) is 23.8 Å². The van der Waals surface area contributed by atoms with Crippen molar-refractivity contribution in [2.75, 3.05) is 20.4 Å².